The summed E-state index contributed by atoms with van der Waals surface area (Å²) in [6.45, 7) is 2.96. The molecule has 0 fully saturated rings. The molecule has 0 unspecified atom stereocenters. The van der Waals surface area contributed by atoms with Crippen molar-refractivity contribution < 1.29 is 14.7 Å². The number of ketones is 2. The second-order valence-corrected chi connectivity index (χ2v) is 4.88. The maximum absolute atomic E-state index is 11.5. The Morgan fingerprint density at radius 1 is 0.810 bits per heavy atom. The lowest BCUT2D eigenvalue weighted by atomic mass is 10.0. The molecule has 1 N–H and O–H groups in total. The predicted octanol–water partition coefficient (Wildman–Crippen LogP) is 3.97. The highest BCUT2D eigenvalue weighted by Gasteiger charge is 2.06. The molecular weight excluding hydrogens is 264 g/mol. The number of carbonyl (C=O) groups excluding carboxylic acids is 2. The first kappa shape index (κ1) is 14.7. The largest absolute Gasteiger partial charge is 0.508 e. The van der Waals surface area contributed by atoms with E-state index in [-0.39, 0.29) is 17.3 Å². The Labute approximate surface area is 123 Å². The smallest absolute Gasteiger partial charge is 0.159 e. The molecule has 3 heteroatoms. The average Bonchev–Trinajstić information content (AvgIpc) is 2.46. The number of phenolic OH excluding ortho intramolecular Hbond substituents is 1. The molecule has 0 saturated carbocycles. The van der Waals surface area contributed by atoms with E-state index in [0.717, 1.165) is 11.1 Å². The van der Waals surface area contributed by atoms with Crippen LogP contribution >= 0.6 is 0 Å². The lowest BCUT2D eigenvalue weighted by Crippen LogP contribution is -1.99. The van der Waals surface area contributed by atoms with Gasteiger partial charge < -0.3 is 5.11 Å². The Bertz CT molecular complexity index is 677. The van der Waals surface area contributed by atoms with E-state index in [9.17, 15) is 14.7 Å². The molecule has 0 radical (unpaired) electrons. The van der Waals surface area contributed by atoms with Crippen LogP contribution < -0.4 is 0 Å². The summed E-state index contributed by atoms with van der Waals surface area (Å²) in [5.74, 6) is 0.0689. The van der Waals surface area contributed by atoms with Crippen molar-refractivity contribution in [2.45, 2.75) is 13.8 Å². The van der Waals surface area contributed by atoms with Crippen LogP contribution in [-0.2, 0) is 0 Å². The molecule has 21 heavy (non-hydrogen) atoms. The zero-order chi connectivity index (χ0) is 15.4. The zero-order valence-corrected chi connectivity index (χ0v) is 12.0. The van der Waals surface area contributed by atoms with Crippen molar-refractivity contribution in [1.82, 2.24) is 0 Å². The zero-order valence-electron chi connectivity index (χ0n) is 12.0. The molecule has 0 aliphatic carbocycles. The quantitative estimate of drug-likeness (QED) is 0.681. The van der Waals surface area contributed by atoms with Gasteiger partial charge in [0.2, 0.25) is 0 Å². The highest BCUT2D eigenvalue weighted by molar-refractivity contribution is 6.00. The van der Waals surface area contributed by atoms with E-state index in [1.807, 2.05) is 12.2 Å². The Morgan fingerprint density at radius 3 is 1.76 bits per heavy atom. The van der Waals surface area contributed by atoms with Crippen molar-refractivity contribution in [1.29, 1.82) is 0 Å². The monoisotopic (exact) mass is 280 g/mol. The molecule has 0 heterocycles. The highest BCUT2D eigenvalue weighted by Crippen LogP contribution is 2.16. The van der Waals surface area contributed by atoms with Crippen molar-refractivity contribution in [2.24, 2.45) is 0 Å². The Kier molecular flexibility index (Phi) is 4.33. The van der Waals surface area contributed by atoms with Crippen molar-refractivity contribution in [3.05, 3.63) is 64.7 Å². The van der Waals surface area contributed by atoms with Gasteiger partial charge in [0.25, 0.3) is 0 Å². The second-order valence-electron chi connectivity index (χ2n) is 4.88. The Balaban J connectivity index is 2.36. The molecule has 0 amide bonds. The summed E-state index contributed by atoms with van der Waals surface area (Å²) in [5.41, 5.74) is 2.76. The Hall–Kier alpha value is -2.68. The third-order valence-corrected chi connectivity index (χ3v) is 3.13. The number of hydrogen-bond acceptors (Lipinski definition) is 3. The summed E-state index contributed by atoms with van der Waals surface area (Å²) in [6.07, 6.45) is 3.70. The van der Waals surface area contributed by atoms with Gasteiger partial charge in [-0.15, -0.1) is 0 Å². The minimum Gasteiger partial charge on any atom is -0.508 e. The molecule has 0 saturated heterocycles. The van der Waals surface area contributed by atoms with E-state index in [1.54, 1.807) is 42.5 Å². The number of aromatic hydroxyl groups is 1. The van der Waals surface area contributed by atoms with E-state index >= 15 is 0 Å². The van der Waals surface area contributed by atoms with Gasteiger partial charge in [0.1, 0.15) is 5.75 Å². The number of phenols is 1. The summed E-state index contributed by atoms with van der Waals surface area (Å²) in [7, 11) is 0. The van der Waals surface area contributed by atoms with Crippen LogP contribution in [0.2, 0.25) is 0 Å². The van der Waals surface area contributed by atoms with Crippen LogP contribution in [-0.4, -0.2) is 16.7 Å². The molecule has 2 aromatic carbocycles. The lowest BCUT2D eigenvalue weighted by Gasteiger charge is -2.03. The fraction of sp³-hybridized carbons (Fsp3) is 0.111. The molecule has 3 nitrogen and oxygen atoms in total. The number of rotatable bonds is 4. The maximum Gasteiger partial charge on any atom is 0.159 e. The van der Waals surface area contributed by atoms with Crippen LogP contribution in [0.1, 0.15) is 45.7 Å². The minimum atomic E-state index is -0.0719. The van der Waals surface area contributed by atoms with Gasteiger partial charge in [0.15, 0.2) is 11.6 Å². The highest BCUT2D eigenvalue weighted by atomic mass is 16.3. The van der Waals surface area contributed by atoms with Gasteiger partial charge in [-0.25, -0.2) is 0 Å². The average molecular weight is 280 g/mol. The molecular formula is C18H16O3. The van der Waals surface area contributed by atoms with Crippen molar-refractivity contribution in [2.75, 3.05) is 0 Å². The van der Waals surface area contributed by atoms with Crippen LogP contribution in [0.15, 0.2) is 42.5 Å². The summed E-state index contributed by atoms with van der Waals surface area (Å²) < 4.78 is 0. The first-order valence-electron chi connectivity index (χ1n) is 6.60. The SMILES string of the molecule is CC(=O)c1cc(C=Cc2ccc(O)cc2)cc(C(C)=O)c1. The molecule has 0 aromatic heterocycles. The van der Waals surface area contributed by atoms with E-state index < -0.39 is 0 Å². The number of carbonyl (C=O) groups is 2. The minimum absolute atomic E-state index is 0.0719. The number of benzene rings is 2. The fourth-order valence-corrected chi connectivity index (χ4v) is 1.93. The van der Waals surface area contributed by atoms with Gasteiger partial charge in [-0.1, -0.05) is 24.3 Å². The molecule has 0 atom stereocenters. The van der Waals surface area contributed by atoms with Gasteiger partial charge in [-0.2, -0.15) is 0 Å². The first-order chi connectivity index (χ1) is 9.95. The topological polar surface area (TPSA) is 54.4 Å². The van der Waals surface area contributed by atoms with Crippen LogP contribution in [0.3, 0.4) is 0 Å². The molecule has 0 spiro atoms. The van der Waals surface area contributed by atoms with Gasteiger partial charge in [0.05, 0.1) is 0 Å². The predicted molar refractivity (Wildman–Crippen MR) is 83.5 cm³/mol. The lowest BCUT2D eigenvalue weighted by molar-refractivity contribution is 0.101. The van der Waals surface area contributed by atoms with E-state index in [4.69, 9.17) is 0 Å². The molecule has 0 bridgehead atoms. The van der Waals surface area contributed by atoms with Gasteiger partial charge in [-0.3, -0.25) is 9.59 Å². The van der Waals surface area contributed by atoms with E-state index in [0.29, 0.717) is 11.1 Å². The van der Waals surface area contributed by atoms with Crippen LogP contribution in [0.5, 0.6) is 5.75 Å². The summed E-state index contributed by atoms with van der Waals surface area (Å²) in [5, 5.41) is 9.24. The first-order valence-corrected chi connectivity index (χ1v) is 6.60. The molecule has 0 aliphatic heterocycles. The Morgan fingerprint density at radius 2 is 1.29 bits per heavy atom. The van der Waals surface area contributed by atoms with Crippen molar-refractivity contribution in [3.8, 4) is 5.75 Å². The van der Waals surface area contributed by atoms with Crippen LogP contribution in [0.4, 0.5) is 0 Å². The number of Topliss-reactive ketones (excluding diaryl/α,β-unsaturated/α-hetero) is 2. The summed E-state index contributed by atoms with van der Waals surface area (Å²) in [4.78, 5) is 23.0. The summed E-state index contributed by atoms with van der Waals surface area (Å²) in [6, 6.07) is 11.9. The summed E-state index contributed by atoms with van der Waals surface area (Å²) >= 11 is 0. The standard InChI is InChI=1S/C18H16O3/c1-12(19)16-9-15(10-17(11-16)13(2)20)4-3-14-5-7-18(21)8-6-14/h3-11,21H,1-2H3. The number of hydrogen-bond donors (Lipinski definition) is 1. The maximum atomic E-state index is 11.5. The van der Waals surface area contributed by atoms with Crippen LogP contribution in [0.25, 0.3) is 12.2 Å². The molecule has 0 aliphatic rings. The third-order valence-electron chi connectivity index (χ3n) is 3.13. The molecule has 2 rings (SSSR count). The second kappa shape index (κ2) is 6.18. The van der Waals surface area contributed by atoms with Gasteiger partial charge in [-0.05, 0) is 55.3 Å². The van der Waals surface area contributed by atoms with Crippen molar-refractivity contribution in [3.63, 3.8) is 0 Å². The van der Waals surface area contributed by atoms with Crippen molar-refractivity contribution >= 4 is 23.7 Å². The van der Waals surface area contributed by atoms with Crippen LogP contribution in [0, 0.1) is 0 Å². The third kappa shape index (κ3) is 3.89. The van der Waals surface area contributed by atoms with Gasteiger partial charge in [0, 0.05) is 11.1 Å². The normalized spacial score (nSPS) is 10.8. The molecule has 2 aromatic rings. The fourth-order valence-electron chi connectivity index (χ4n) is 1.93. The van der Waals surface area contributed by atoms with Gasteiger partial charge >= 0.3 is 0 Å². The van der Waals surface area contributed by atoms with E-state index in [2.05, 4.69) is 0 Å². The van der Waals surface area contributed by atoms with E-state index in [1.165, 1.54) is 13.8 Å². The molecule has 106 valence electrons.